The molecule has 0 fully saturated rings. The Bertz CT molecular complexity index is 1090. The number of aliphatic hydroxyl groups is 1. The molecule has 30 heavy (non-hydrogen) atoms. The third kappa shape index (κ3) is 5.83. The number of nitrogens with one attached hydrogen (secondary N) is 2. The van der Waals surface area contributed by atoms with E-state index in [2.05, 4.69) is 20.0 Å². The molecule has 10 heteroatoms. The van der Waals surface area contributed by atoms with Gasteiger partial charge in [-0.3, -0.25) is 0 Å². The maximum atomic E-state index is 12.1. The van der Waals surface area contributed by atoms with E-state index in [4.69, 9.17) is 9.84 Å². The van der Waals surface area contributed by atoms with Crippen LogP contribution < -0.4 is 14.8 Å². The third-order valence-electron chi connectivity index (χ3n) is 3.92. The van der Waals surface area contributed by atoms with Gasteiger partial charge >= 0.3 is 6.09 Å². The van der Waals surface area contributed by atoms with E-state index in [-0.39, 0.29) is 30.3 Å². The van der Waals surface area contributed by atoms with Crippen LogP contribution >= 0.6 is 0 Å². The minimum atomic E-state index is -3.73. The lowest BCUT2D eigenvalue weighted by molar-refractivity contribution is 0.199. The zero-order chi connectivity index (χ0) is 21.4. The van der Waals surface area contributed by atoms with Crippen LogP contribution in [0.4, 0.5) is 4.79 Å². The van der Waals surface area contributed by atoms with Crippen molar-refractivity contribution in [3.8, 4) is 17.1 Å². The van der Waals surface area contributed by atoms with E-state index in [0.29, 0.717) is 11.4 Å². The van der Waals surface area contributed by atoms with Crippen LogP contribution in [-0.4, -0.2) is 42.7 Å². The third-order valence-corrected chi connectivity index (χ3v) is 5.38. The largest absolute Gasteiger partial charge is 0.412 e. The van der Waals surface area contributed by atoms with Crippen LogP contribution in [0.25, 0.3) is 11.4 Å². The van der Waals surface area contributed by atoms with Crippen molar-refractivity contribution in [3.05, 3.63) is 72.6 Å². The van der Waals surface area contributed by atoms with Gasteiger partial charge < -0.3 is 15.2 Å². The first kappa shape index (κ1) is 21.4. The molecule has 0 spiro atoms. The van der Waals surface area contributed by atoms with Gasteiger partial charge in [0.2, 0.25) is 10.0 Å². The van der Waals surface area contributed by atoms with Crippen molar-refractivity contribution in [3.63, 3.8) is 0 Å². The maximum absolute atomic E-state index is 12.1. The first-order chi connectivity index (χ1) is 14.5. The van der Waals surface area contributed by atoms with Crippen LogP contribution in [0, 0.1) is 0 Å². The van der Waals surface area contributed by atoms with Crippen molar-refractivity contribution in [2.45, 2.75) is 11.4 Å². The van der Waals surface area contributed by atoms with E-state index in [1.54, 1.807) is 12.1 Å². The van der Waals surface area contributed by atoms with Crippen molar-refractivity contribution in [2.24, 2.45) is 0 Å². The molecule has 3 aromatic rings. The van der Waals surface area contributed by atoms with Crippen molar-refractivity contribution < 1.29 is 23.1 Å². The molecule has 1 amide bonds. The summed E-state index contributed by atoms with van der Waals surface area (Å²) in [5.41, 5.74) is 1.41. The van der Waals surface area contributed by atoms with Crippen molar-refractivity contribution >= 4 is 16.1 Å². The molecule has 0 unspecified atom stereocenters. The normalized spacial score (nSPS) is 11.1. The Morgan fingerprint density at radius 2 is 1.77 bits per heavy atom. The van der Waals surface area contributed by atoms with Gasteiger partial charge in [0.25, 0.3) is 0 Å². The lowest BCUT2D eigenvalue weighted by Gasteiger charge is -2.09. The topological polar surface area (TPSA) is 131 Å². The average molecular weight is 428 g/mol. The van der Waals surface area contributed by atoms with E-state index in [1.165, 1.54) is 24.5 Å². The summed E-state index contributed by atoms with van der Waals surface area (Å²) in [4.78, 5) is 20.4. The lowest BCUT2D eigenvalue weighted by atomic mass is 10.2. The van der Waals surface area contributed by atoms with Gasteiger partial charge in [-0.1, -0.05) is 42.5 Å². The molecule has 3 rings (SSSR count). The Kier molecular flexibility index (Phi) is 7.07. The number of ether oxygens (including phenoxy) is 1. The molecule has 1 aromatic heterocycles. The second kappa shape index (κ2) is 9.92. The number of hydrogen-bond acceptors (Lipinski definition) is 7. The summed E-state index contributed by atoms with van der Waals surface area (Å²) in [6.45, 7) is -0.324. The number of benzene rings is 2. The highest BCUT2D eigenvalue weighted by atomic mass is 32.2. The number of aliphatic hydroxyl groups excluding tert-OH is 1. The highest BCUT2D eigenvalue weighted by molar-refractivity contribution is 7.89. The summed E-state index contributed by atoms with van der Waals surface area (Å²) in [5, 5.41) is 11.3. The summed E-state index contributed by atoms with van der Waals surface area (Å²) in [7, 11) is -3.73. The monoisotopic (exact) mass is 428 g/mol. The van der Waals surface area contributed by atoms with Gasteiger partial charge in [-0.05, 0) is 17.7 Å². The number of aromatic nitrogens is 2. The highest BCUT2D eigenvalue weighted by Crippen LogP contribution is 2.16. The molecule has 1 heterocycles. The molecule has 0 aliphatic rings. The van der Waals surface area contributed by atoms with Crippen molar-refractivity contribution in [1.29, 1.82) is 0 Å². The number of hydrogen-bond donors (Lipinski definition) is 3. The van der Waals surface area contributed by atoms with E-state index in [9.17, 15) is 13.2 Å². The van der Waals surface area contributed by atoms with Crippen LogP contribution in [0.5, 0.6) is 5.75 Å². The molecule has 0 atom stereocenters. The Labute approximate surface area is 173 Å². The summed E-state index contributed by atoms with van der Waals surface area (Å²) in [6.07, 6.45) is 2.07. The molecule has 0 aliphatic heterocycles. The summed E-state index contributed by atoms with van der Waals surface area (Å²) in [6, 6.07) is 15.5. The van der Waals surface area contributed by atoms with Crippen LogP contribution in [0.15, 0.2) is 71.9 Å². The van der Waals surface area contributed by atoms with Crippen LogP contribution in [0.1, 0.15) is 5.56 Å². The standard InChI is InChI=1S/C20H20N4O5S/c25-10-9-24-30(27,28)18-8-4-5-15(11-18)12-23-20(26)29-17-13-21-19(22-14-17)16-6-2-1-3-7-16/h1-8,11,13-14,24-25H,9-10,12H2,(H,23,26). The predicted molar refractivity (Wildman–Crippen MR) is 109 cm³/mol. The van der Waals surface area contributed by atoms with E-state index < -0.39 is 16.1 Å². The average Bonchev–Trinajstić information content (AvgIpc) is 2.78. The minimum absolute atomic E-state index is 0.0357. The molecular weight excluding hydrogens is 408 g/mol. The van der Waals surface area contributed by atoms with Crippen LogP contribution in [0.2, 0.25) is 0 Å². The number of carbonyl (C=O) groups excluding carboxylic acids is 1. The summed E-state index contributed by atoms with van der Waals surface area (Å²) in [5.74, 6) is 0.688. The first-order valence-corrected chi connectivity index (χ1v) is 10.5. The molecule has 3 N–H and O–H groups in total. The molecule has 0 radical (unpaired) electrons. The summed E-state index contributed by atoms with van der Waals surface area (Å²) < 4.78 is 31.6. The molecule has 0 saturated heterocycles. The quantitative estimate of drug-likeness (QED) is 0.498. The van der Waals surface area contributed by atoms with Crippen LogP contribution in [-0.2, 0) is 16.6 Å². The number of rotatable bonds is 8. The van der Waals surface area contributed by atoms with Gasteiger partial charge in [0.05, 0.1) is 23.9 Å². The fraction of sp³-hybridized carbons (Fsp3) is 0.150. The zero-order valence-corrected chi connectivity index (χ0v) is 16.7. The Balaban J connectivity index is 1.57. The second-order valence-corrected chi connectivity index (χ2v) is 7.89. The minimum Gasteiger partial charge on any atom is -0.407 e. The SMILES string of the molecule is O=C(NCc1cccc(S(=O)(=O)NCCO)c1)Oc1cnc(-c2ccccc2)nc1. The first-order valence-electron chi connectivity index (χ1n) is 9.00. The maximum Gasteiger partial charge on any atom is 0.412 e. The van der Waals surface area contributed by atoms with Gasteiger partial charge in [0, 0.05) is 18.7 Å². The molecular formula is C20H20N4O5S. The molecule has 0 bridgehead atoms. The Morgan fingerprint density at radius 3 is 2.47 bits per heavy atom. The van der Waals surface area contributed by atoms with Gasteiger partial charge in [-0.15, -0.1) is 0 Å². The Hall–Kier alpha value is -3.34. The Morgan fingerprint density at radius 1 is 1.03 bits per heavy atom. The molecule has 0 saturated carbocycles. The fourth-order valence-corrected chi connectivity index (χ4v) is 3.60. The van der Waals surface area contributed by atoms with Gasteiger partial charge in [-0.2, -0.15) is 0 Å². The summed E-state index contributed by atoms with van der Waals surface area (Å²) >= 11 is 0. The van der Waals surface area contributed by atoms with E-state index in [1.807, 2.05) is 30.3 Å². The highest BCUT2D eigenvalue weighted by Gasteiger charge is 2.14. The van der Waals surface area contributed by atoms with E-state index >= 15 is 0 Å². The van der Waals surface area contributed by atoms with Crippen LogP contribution in [0.3, 0.4) is 0 Å². The smallest absolute Gasteiger partial charge is 0.407 e. The molecule has 9 nitrogen and oxygen atoms in total. The van der Waals surface area contributed by atoms with Gasteiger partial charge in [0.15, 0.2) is 11.6 Å². The van der Waals surface area contributed by atoms with Crippen molar-refractivity contribution in [1.82, 2.24) is 20.0 Å². The molecule has 0 aliphatic carbocycles. The number of sulfonamides is 1. The number of carbonyl (C=O) groups is 1. The van der Waals surface area contributed by atoms with E-state index in [0.717, 1.165) is 5.56 Å². The molecule has 2 aromatic carbocycles. The fourth-order valence-electron chi connectivity index (χ4n) is 2.51. The molecule has 156 valence electrons. The van der Waals surface area contributed by atoms with Crippen molar-refractivity contribution in [2.75, 3.05) is 13.2 Å². The zero-order valence-electron chi connectivity index (χ0n) is 15.9. The lowest BCUT2D eigenvalue weighted by Crippen LogP contribution is -2.28. The second-order valence-electron chi connectivity index (χ2n) is 6.12. The number of amides is 1. The predicted octanol–water partition coefficient (Wildman–Crippen LogP) is 1.70. The van der Waals surface area contributed by atoms with Gasteiger partial charge in [-0.25, -0.2) is 27.9 Å². The van der Waals surface area contributed by atoms with Gasteiger partial charge in [0.1, 0.15) is 0 Å². The number of nitrogens with zero attached hydrogens (tertiary/aromatic N) is 2.